The summed E-state index contributed by atoms with van der Waals surface area (Å²) in [5.41, 5.74) is 0.810. The summed E-state index contributed by atoms with van der Waals surface area (Å²) >= 11 is 0. The van der Waals surface area contributed by atoms with Gasteiger partial charge in [-0.2, -0.15) is 5.10 Å². The molecule has 5 rings (SSSR count). The number of nitrogens with zero attached hydrogens (tertiary/aromatic N) is 5. The third kappa shape index (κ3) is 1.95. The lowest BCUT2D eigenvalue weighted by Crippen LogP contribution is -2.31. The van der Waals surface area contributed by atoms with E-state index in [-0.39, 0.29) is 6.04 Å². The van der Waals surface area contributed by atoms with Gasteiger partial charge in [-0.05, 0) is 5.92 Å². The SMILES string of the molecule is C#Cc1nc(N2C[C@H]3COC[C@H]3C2)c2cnn(C3COC3)c2n1. The first-order chi connectivity index (χ1) is 11.3. The highest BCUT2D eigenvalue weighted by Gasteiger charge is 2.38. The van der Waals surface area contributed by atoms with Crippen molar-refractivity contribution in [3.8, 4) is 12.3 Å². The second-order valence-electron chi connectivity index (χ2n) is 6.50. The molecule has 118 valence electrons. The summed E-state index contributed by atoms with van der Waals surface area (Å²) in [6.45, 7) is 4.95. The van der Waals surface area contributed by atoms with Crippen LogP contribution in [0, 0.1) is 24.2 Å². The molecule has 2 aromatic heterocycles. The molecule has 0 bridgehead atoms. The highest BCUT2D eigenvalue weighted by molar-refractivity contribution is 5.87. The maximum absolute atomic E-state index is 5.57. The quantitative estimate of drug-likeness (QED) is 0.751. The van der Waals surface area contributed by atoms with Gasteiger partial charge in [-0.3, -0.25) is 0 Å². The Morgan fingerprint density at radius 2 is 1.83 bits per heavy atom. The molecule has 3 aliphatic rings. The molecule has 0 saturated carbocycles. The van der Waals surface area contributed by atoms with E-state index in [2.05, 4.69) is 25.9 Å². The van der Waals surface area contributed by atoms with Crippen LogP contribution in [0.3, 0.4) is 0 Å². The van der Waals surface area contributed by atoms with E-state index in [4.69, 9.17) is 15.9 Å². The van der Waals surface area contributed by atoms with Crippen molar-refractivity contribution in [3.63, 3.8) is 0 Å². The van der Waals surface area contributed by atoms with Gasteiger partial charge in [0.1, 0.15) is 11.9 Å². The Bertz CT molecular complexity index is 795. The Labute approximate surface area is 133 Å². The van der Waals surface area contributed by atoms with Crippen molar-refractivity contribution in [2.45, 2.75) is 6.04 Å². The largest absolute Gasteiger partial charge is 0.381 e. The molecular formula is C16H17N5O2. The standard InChI is InChI=1S/C16H17N5O2/c1-2-14-18-15(20-4-10-6-22-7-11(10)5-20)13-3-17-21(16(13)19-14)12-8-23-9-12/h1,3,10-12H,4-9H2/t10-,11+. The molecule has 2 atom stereocenters. The third-order valence-corrected chi connectivity index (χ3v) is 5.07. The monoisotopic (exact) mass is 311 g/mol. The normalized spacial score (nSPS) is 27.2. The predicted molar refractivity (Wildman–Crippen MR) is 83.1 cm³/mol. The van der Waals surface area contributed by atoms with Crippen LogP contribution in [0.1, 0.15) is 11.9 Å². The molecule has 0 N–H and O–H groups in total. The van der Waals surface area contributed by atoms with Gasteiger partial charge in [0.25, 0.3) is 0 Å². The van der Waals surface area contributed by atoms with E-state index in [9.17, 15) is 0 Å². The van der Waals surface area contributed by atoms with Gasteiger partial charge in [0.05, 0.1) is 38.0 Å². The molecule has 3 fully saturated rings. The van der Waals surface area contributed by atoms with E-state index < -0.39 is 0 Å². The van der Waals surface area contributed by atoms with Crippen molar-refractivity contribution in [2.24, 2.45) is 11.8 Å². The Morgan fingerprint density at radius 3 is 2.48 bits per heavy atom. The van der Waals surface area contributed by atoms with Gasteiger partial charge in [0, 0.05) is 24.9 Å². The highest BCUT2D eigenvalue weighted by Crippen LogP contribution is 2.35. The van der Waals surface area contributed by atoms with Gasteiger partial charge < -0.3 is 14.4 Å². The fourth-order valence-corrected chi connectivity index (χ4v) is 3.71. The fourth-order valence-electron chi connectivity index (χ4n) is 3.71. The Kier molecular flexibility index (Phi) is 2.84. The van der Waals surface area contributed by atoms with Crippen LogP contribution in [0.4, 0.5) is 5.82 Å². The smallest absolute Gasteiger partial charge is 0.208 e. The number of rotatable bonds is 2. The lowest BCUT2D eigenvalue weighted by Gasteiger charge is -2.26. The maximum atomic E-state index is 5.57. The number of anilines is 1. The first kappa shape index (κ1) is 13.3. The van der Waals surface area contributed by atoms with E-state index in [0.29, 0.717) is 30.9 Å². The van der Waals surface area contributed by atoms with Gasteiger partial charge in [0.15, 0.2) is 5.65 Å². The molecule has 3 saturated heterocycles. The number of ether oxygens (including phenoxy) is 2. The molecule has 7 heteroatoms. The van der Waals surface area contributed by atoms with Crippen LogP contribution < -0.4 is 4.90 Å². The fraction of sp³-hybridized carbons (Fsp3) is 0.562. The first-order valence-corrected chi connectivity index (χ1v) is 7.96. The van der Waals surface area contributed by atoms with Crippen LogP contribution in [0.15, 0.2) is 6.20 Å². The van der Waals surface area contributed by atoms with Crippen molar-refractivity contribution >= 4 is 16.9 Å². The minimum Gasteiger partial charge on any atom is -0.381 e. The summed E-state index contributed by atoms with van der Waals surface area (Å²) in [7, 11) is 0. The summed E-state index contributed by atoms with van der Waals surface area (Å²) in [4.78, 5) is 11.4. The summed E-state index contributed by atoms with van der Waals surface area (Å²) in [5, 5.41) is 5.48. The number of hydrogen-bond acceptors (Lipinski definition) is 6. The second kappa shape index (κ2) is 4.91. The predicted octanol–water partition coefficient (Wildman–Crippen LogP) is 0.461. The van der Waals surface area contributed by atoms with Crippen LogP contribution in [-0.4, -0.2) is 59.3 Å². The molecule has 0 amide bonds. The van der Waals surface area contributed by atoms with Gasteiger partial charge >= 0.3 is 0 Å². The van der Waals surface area contributed by atoms with E-state index >= 15 is 0 Å². The zero-order valence-electron chi connectivity index (χ0n) is 12.7. The summed E-state index contributed by atoms with van der Waals surface area (Å²) in [6, 6.07) is 0.243. The zero-order valence-corrected chi connectivity index (χ0v) is 12.7. The van der Waals surface area contributed by atoms with E-state index in [0.717, 1.165) is 43.2 Å². The number of aromatic nitrogens is 4. The first-order valence-electron chi connectivity index (χ1n) is 7.96. The third-order valence-electron chi connectivity index (χ3n) is 5.07. The van der Waals surface area contributed by atoms with Crippen molar-refractivity contribution < 1.29 is 9.47 Å². The van der Waals surface area contributed by atoms with Crippen molar-refractivity contribution in [1.29, 1.82) is 0 Å². The van der Waals surface area contributed by atoms with Crippen LogP contribution in [0.5, 0.6) is 0 Å². The Morgan fingerprint density at radius 1 is 1.09 bits per heavy atom. The molecule has 0 radical (unpaired) electrons. The molecule has 0 aliphatic carbocycles. The van der Waals surface area contributed by atoms with E-state index in [1.165, 1.54) is 0 Å². The summed E-state index contributed by atoms with van der Waals surface area (Å²) in [5.74, 6) is 5.08. The minimum atomic E-state index is 0.243. The molecular weight excluding hydrogens is 294 g/mol. The Balaban J connectivity index is 1.60. The average molecular weight is 311 g/mol. The summed E-state index contributed by atoms with van der Waals surface area (Å²) in [6.07, 6.45) is 7.43. The number of terminal acetylenes is 1. The zero-order chi connectivity index (χ0) is 15.4. The van der Waals surface area contributed by atoms with Crippen molar-refractivity contribution in [3.05, 3.63) is 12.0 Å². The molecule has 23 heavy (non-hydrogen) atoms. The maximum Gasteiger partial charge on any atom is 0.208 e. The van der Waals surface area contributed by atoms with Gasteiger partial charge in [-0.25, -0.2) is 14.6 Å². The Hall–Kier alpha value is -2.17. The number of fused-ring (bicyclic) bond motifs is 2. The van der Waals surface area contributed by atoms with Crippen LogP contribution in [0.25, 0.3) is 11.0 Å². The molecule has 0 spiro atoms. The lowest BCUT2D eigenvalue weighted by atomic mass is 10.0. The molecule has 0 unspecified atom stereocenters. The van der Waals surface area contributed by atoms with Crippen molar-refractivity contribution in [2.75, 3.05) is 44.4 Å². The van der Waals surface area contributed by atoms with Gasteiger partial charge in [-0.1, -0.05) is 0 Å². The molecule has 2 aromatic rings. The van der Waals surface area contributed by atoms with Crippen molar-refractivity contribution in [1.82, 2.24) is 19.7 Å². The second-order valence-corrected chi connectivity index (χ2v) is 6.50. The van der Waals surface area contributed by atoms with E-state index in [1.54, 1.807) is 0 Å². The topological polar surface area (TPSA) is 65.3 Å². The number of hydrogen-bond donors (Lipinski definition) is 0. The van der Waals surface area contributed by atoms with Crippen LogP contribution >= 0.6 is 0 Å². The lowest BCUT2D eigenvalue weighted by molar-refractivity contribution is -0.0269. The minimum absolute atomic E-state index is 0.243. The molecule has 7 nitrogen and oxygen atoms in total. The van der Waals surface area contributed by atoms with Crippen LogP contribution in [0.2, 0.25) is 0 Å². The van der Waals surface area contributed by atoms with E-state index in [1.807, 2.05) is 10.9 Å². The average Bonchev–Trinajstić information content (AvgIpc) is 3.19. The van der Waals surface area contributed by atoms with Gasteiger partial charge in [-0.15, -0.1) is 6.42 Å². The summed E-state index contributed by atoms with van der Waals surface area (Å²) < 4.78 is 12.8. The molecule has 3 aliphatic heterocycles. The van der Waals surface area contributed by atoms with Crippen LogP contribution in [-0.2, 0) is 9.47 Å². The highest BCUT2D eigenvalue weighted by atomic mass is 16.5. The molecule has 0 aromatic carbocycles. The molecule has 5 heterocycles. The van der Waals surface area contributed by atoms with Gasteiger partial charge in [0.2, 0.25) is 5.82 Å².